The minimum atomic E-state index is 0.0237. The van der Waals surface area contributed by atoms with Crippen molar-refractivity contribution < 1.29 is 9.53 Å². The molecule has 1 saturated heterocycles. The molecule has 3 rings (SSSR count). The molecule has 2 aromatic rings. The Morgan fingerprint density at radius 3 is 3.08 bits per heavy atom. The molecule has 0 saturated carbocycles. The molecule has 1 aliphatic rings. The molecule has 0 spiro atoms. The van der Waals surface area contributed by atoms with Crippen LogP contribution in [0, 0.1) is 0 Å². The molecule has 2 heterocycles. The molecule has 1 aromatic carbocycles. The third-order valence-corrected chi connectivity index (χ3v) is 4.43. The minimum absolute atomic E-state index is 0.0237. The summed E-state index contributed by atoms with van der Waals surface area (Å²) in [6.07, 6.45) is 6.83. The van der Waals surface area contributed by atoms with E-state index in [9.17, 15) is 4.79 Å². The molecule has 0 bridgehead atoms. The Labute approximate surface area is 142 Å². The molecule has 128 valence electrons. The number of carbonyl (C=O) groups is 1. The van der Waals surface area contributed by atoms with Crippen LogP contribution in [0.25, 0.3) is 0 Å². The van der Waals surface area contributed by atoms with Gasteiger partial charge in [0.05, 0.1) is 19.5 Å². The van der Waals surface area contributed by atoms with Gasteiger partial charge in [0.1, 0.15) is 5.75 Å². The smallest absolute Gasteiger partial charge is 0.223 e. The summed E-state index contributed by atoms with van der Waals surface area (Å²) in [6.45, 7) is 3.14. The summed E-state index contributed by atoms with van der Waals surface area (Å²) < 4.78 is 7.48. The first-order valence-electron chi connectivity index (χ1n) is 8.38. The van der Waals surface area contributed by atoms with Crippen molar-refractivity contribution in [2.45, 2.75) is 25.4 Å². The molecular formula is C18H24N4O2. The van der Waals surface area contributed by atoms with Gasteiger partial charge in [0.2, 0.25) is 5.91 Å². The van der Waals surface area contributed by atoms with Crippen molar-refractivity contribution in [3.8, 4) is 5.75 Å². The lowest BCUT2D eigenvalue weighted by Gasteiger charge is -2.37. The van der Waals surface area contributed by atoms with Crippen LogP contribution in [0.1, 0.15) is 24.4 Å². The quantitative estimate of drug-likeness (QED) is 0.879. The second-order valence-electron chi connectivity index (χ2n) is 5.95. The van der Waals surface area contributed by atoms with Gasteiger partial charge in [-0.05, 0) is 12.5 Å². The molecule has 1 fully saturated rings. The fourth-order valence-corrected chi connectivity index (χ4v) is 3.20. The number of amides is 1. The van der Waals surface area contributed by atoms with Gasteiger partial charge in [-0.2, -0.15) is 0 Å². The summed E-state index contributed by atoms with van der Waals surface area (Å²) in [5.41, 5.74) is 1.06. The standard InChI is InChI=1S/C18H24N4O2/c1-24-17-6-3-2-5-15(17)16-13-19-9-12-22(16)18(23)7-4-10-21-11-8-20-14-21/h2-3,5-6,8,11,14,16,19H,4,7,9-10,12-13H2,1H3. The van der Waals surface area contributed by atoms with Gasteiger partial charge in [0, 0.05) is 50.6 Å². The fraction of sp³-hybridized carbons (Fsp3) is 0.444. The number of nitrogens with zero attached hydrogens (tertiary/aromatic N) is 3. The number of carbonyl (C=O) groups excluding carboxylic acids is 1. The fourth-order valence-electron chi connectivity index (χ4n) is 3.20. The van der Waals surface area contributed by atoms with Gasteiger partial charge < -0.3 is 19.5 Å². The van der Waals surface area contributed by atoms with E-state index in [1.54, 1.807) is 19.6 Å². The van der Waals surface area contributed by atoms with E-state index in [2.05, 4.69) is 10.3 Å². The van der Waals surface area contributed by atoms with Gasteiger partial charge in [0.25, 0.3) is 0 Å². The van der Waals surface area contributed by atoms with E-state index < -0.39 is 0 Å². The summed E-state index contributed by atoms with van der Waals surface area (Å²) in [7, 11) is 1.67. The van der Waals surface area contributed by atoms with Crippen LogP contribution in [0.15, 0.2) is 43.0 Å². The van der Waals surface area contributed by atoms with Crippen LogP contribution < -0.4 is 10.1 Å². The van der Waals surface area contributed by atoms with Crippen molar-refractivity contribution in [2.24, 2.45) is 0 Å². The molecule has 24 heavy (non-hydrogen) atoms. The molecule has 6 nitrogen and oxygen atoms in total. The van der Waals surface area contributed by atoms with Crippen LogP contribution in [-0.2, 0) is 11.3 Å². The monoisotopic (exact) mass is 328 g/mol. The summed E-state index contributed by atoms with van der Waals surface area (Å²) in [6, 6.07) is 7.97. The van der Waals surface area contributed by atoms with E-state index in [-0.39, 0.29) is 11.9 Å². The van der Waals surface area contributed by atoms with E-state index in [1.807, 2.05) is 39.9 Å². The normalized spacial score (nSPS) is 17.7. The summed E-state index contributed by atoms with van der Waals surface area (Å²) >= 11 is 0. The maximum Gasteiger partial charge on any atom is 0.223 e. The van der Waals surface area contributed by atoms with Crippen molar-refractivity contribution in [3.63, 3.8) is 0 Å². The van der Waals surface area contributed by atoms with Crippen molar-refractivity contribution in [3.05, 3.63) is 48.5 Å². The first-order valence-corrected chi connectivity index (χ1v) is 8.38. The van der Waals surface area contributed by atoms with Gasteiger partial charge >= 0.3 is 0 Å². The predicted octanol–water partition coefficient (Wildman–Crippen LogP) is 1.84. The molecule has 1 atom stereocenters. The van der Waals surface area contributed by atoms with Crippen LogP contribution in [0.5, 0.6) is 5.75 Å². The Balaban J connectivity index is 1.66. The van der Waals surface area contributed by atoms with Gasteiger partial charge in [-0.1, -0.05) is 18.2 Å². The second kappa shape index (κ2) is 7.97. The first kappa shape index (κ1) is 16.5. The predicted molar refractivity (Wildman–Crippen MR) is 91.8 cm³/mol. The number of hydrogen-bond donors (Lipinski definition) is 1. The van der Waals surface area contributed by atoms with E-state index in [1.165, 1.54) is 0 Å². The zero-order chi connectivity index (χ0) is 16.8. The maximum atomic E-state index is 12.7. The van der Waals surface area contributed by atoms with E-state index in [4.69, 9.17) is 4.74 Å². The Hall–Kier alpha value is -2.34. The van der Waals surface area contributed by atoms with Crippen molar-refractivity contribution in [1.82, 2.24) is 19.8 Å². The number of nitrogens with one attached hydrogen (secondary N) is 1. The highest BCUT2D eigenvalue weighted by Gasteiger charge is 2.29. The first-order chi connectivity index (χ1) is 11.8. The van der Waals surface area contributed by atoms with Gasteiger partial charge in [0.15, 0.2) is 0 Å². The third-order valence-electron chi connectivity index (χ3n) is 4.43. The van der Waals surface area contributed by atoms with Crippen LogP contribution in [0.2, 0.25) is 0 Å². The third kappa shape index (κ3) is 3.76. The molecule has 1 aliphatic heterocycles. The van der Waals surface area contributed by atoms with Gasteiger partial charge in [-0.25, -0.2) is 4.98 Å². The number of aromatic nitrogens is 2. The SMILES string of the molecule is COc1ccccc1C1CNCCN1C(=O)CCCn1ccnc1. The summed E-state index contributed by atoms with van der Waals surface area (Å²) in [4.78, 5) is 18.8. The Morgan fingerprint density at radius 2 is 2.29 bits per heavy atom. The molecule has 1 unspecified atom stereocenters. The van der Waals surface area contributed by atoms with Crippen LogP contribution >= 0.6 is 0 Å². The number of methoxy groups -OCH3 is 1. The molecule has 1 amide bonds. The second-order valence-corrected chi connectivity index (χ2v) is 5.95. The van der Waals surface area contributed by atoms with Crippen molar-refractivity contribution in [1.29, 1.82) is 0 Å². The van der Waals surface area contributed by atoms with Crippen LogP contribution in [-0.4, -0.2) is 47.1 Å². The zero-order valence-electron chi connectivity index (χ0n) is 14.0. The van der Waals surface area contributed by atoms with E-state index >= 15 is 0 Å². The van der Waals surface area contributed by atoms with Crippen molar-refractivity contribution in [2.75, 3.05) is 26.7 Å². The summed E-state index contributed by atoms with van der Waals surface area (Å²) in [5, 5.41) is 3.39. The minimum Gasteiger partial charge on any atom is -0.496 e. The number of para-hydroxylation sites is 1. The number of rotatable bonds is 6. The number of hydrogen-bond acceptors (Lipinski definition) is 4. The van der Waals surface area contributed by atoms with E-state index in [0.29, 0.717) is 6.42 Å². The Bertz CT molecular complexity index is 657. The lowest BCUT2D eigenvalue weighted by Crippen LogP contribution is -2.48. The highest BCUT2D eigenvalue weighted by Crippen LogP contribution is 2.30. The largest absolute Gasteiger partial charge is 0.496 e. The lowest BCUT2D eigenvalue weighted by atomic mass is 10.0. The highest BCUT2D eigenvalue weighted by molar-refractivity contribution is 5.77. The molecule has 0 radical (unpaired) electrons. The van der Waals surface area contributed by atoms with Gasteiger partial charge in [-0.3, -0.25) is 4.79 Å². The summed E-state index contributed by atoms with van der Waals surface area (Å²) in [5.74, 6) is 1.04. The zero-order valence-corrected chi connectivity index (χ0v) is 14.0. The molecule has 6 heteroatoms. The average molecular weight is 328 g/mol. The van der Waals surface area contributed by atoms with Gasteiger partial charge in [-0.15, -0.1) is 0 Å². The van der Waals surface area contributed by atoms with Crippen LogP contribution in [0.3, 0.4) is 0 Å². The molecule has 1 N–H and O–H groups in total. The number of benzene rings is 1. The average Bonchev–Trinajstić information content (AvgIpc) is 3.15. The number of ether oxygens (including phenoxy) is 1. The number of imidazole rings is 1. The Kier molecular flexibility index (Phi) is 5.48. The molecular weight excluding hydrogens is 304 g/mol. The molecule has 1 aromatic heterocycles. The number of piperazine rings is 1. The topological polar surface area (TPSA) is 59.4 Å². The lowest BCUT2D eigenvalue weighted by molar-refractivity contribution is -0.134. The van der Waals surface area contributed by atoms with E-state index in [0.717, 1.165) is 43.9 Å². The van der Waals surface area contributed by atoms with Crippen molar-refractivity contribution >= 4 is 5.91 Å². The maximum absolute atomic E-state index is 12.7. The van der Waals surface area contributed by atoms with Crippen LogP contribution in [0.4, 0.5) is 0 Å². The molecule has 0 aliphatic carbocycles. The Morgan fingerprint density at radius 1 is 1.42 bits per heavy atom. The number of aryl methyl sites for hydroxylation is 1. The highest BCUT2D eigenvalue weighted by atomic mass is 16.5.